The van der Waals surface area contributed by atoms with Crippen molar-refractivity contribution >= 4 is 11.8 Å². The van der Waals surface area contributed by atoms with Crippen LogP contribution in [0.1, 0.15) is 12.8 Å². The number of rotatable bonds is 2. The maximum atomic E-state index is 11.4. The van der Waals surface area contributed by atoms with Gasteiger partial charge in [0.1, 0.15) is 11.3 Å². The highest BCUT2D eigenvalue weighted by molar-refractivity contribution is 8.03. The molecule has 1 fully saturated rings. The number of thiocyanates is 1. The maximum Gasteiger partial charge on any atom is 0.139 e. The number of nitriles is 1. The molecule has 1 aliphatic heterocycles. The zero-order valence-corrected chi connectivity index (χ0v) is 6.56. The third-order valence-electron chi connectivity index (χ3n) is 1.75. The van der Waals surface area contributed by atoms with Crippen LogP contribution >= 0.6 is 11.8 Å². The first-order valence-corrected chi connectivity index (χ1v) is 4.33. The molecule has 0 aliphatic carbocycles. The Balaban J connectivity index is 2.30. The molecule has 0 radical (unpaired) electrons. The Morgan fingerprint density at radius 1 is 1.50 bits per heavy atom. The summed E-state index contributed by atoms with van der Waals surface area (Å²) in [6.07, 6.45) is 2.05. The van der Waals surface area contributed by atoms with Gasteiger partial charge in [-0.3, -0.25) is 0 Å². The molecule has 4 heteroatoms. The van der Waals surface area contributed by atoms with Crippen LogP contribution < -0.4 is 0 Å². The van der Waals surface area contributed by atoms with Crippen molar-refractivity contribution in [2.45, 2.75) is 12.8 Å². The molecule has 1 saturated heterocycles. The van der Waals surface area contributed by atoms with Crippen LogP contribution in [0.5, 0.6) is 0 Å². The predicted molar refractivity (Wildman–Crippen MR) is 40.7 cm³/mol. The highest BCUT2D eigenvalue weighted by Gasteiger charge is 2.22. The number of hydroxylamine groups is 3. The zero-order chi connectivity index (χ0) is 7.45. The van der Waals surface area contributed by atoms with Gasteiger partial charge in [-0.15, -0.1) is 0 Å². The van der Waals surface area contributed by atoms with Crippen LogP contribution in [0.15, 0.2) is 0 Å². The molecular weight excluding hydrogens is 148 g/mol. The van der Waals surface area contributed by atoms with Gasteiger partial charge in [0.05, 0.1) is 13.1 Å². The zero-order valence-electron chi connectivity index (χ0n) is 5.75. The Hall–Kier alpha value is -0.240. The van der Waals surface area contributed by atoms with E-state index in [2.05, 4.69) is 0 Å². The molecule has 0 aromatic carbocycles. The SMILES string of the molecule is N#CSC[N+]1([O-])CCCC1. The van der Waals surface area contributed by atoms with Gasteiger partial charge < -0.3 is 9.85 Å². The van der Waals surface area contributed by atoms with E-state index in [0.29, 0.717) is 19.0 Å². The van der Waals surface area contributed by atoms with Crippen LogP contribution in [0.2, 0.25) is 0 Å². The summed E-state index contributed by atoms with van der Waals surface area (Å²) in [6, 6.07) is 0. The molecule has 0 aromatic rings. The second kappa shape index (κ2) is 3.24. The van der Waals surface area contributed by atoms with Crippen molar-refractivity contribution < 1.29 is 4.65 Å². The fourth-order valence-corrected chi connectivity index (χ4v) is 1.74. The summed E-state index contributed by atoms with van der Waals surface area (Å²) in [5.74, 6) is 0.413. The van der Waals surface area contributed by atoms with Crippen LogP contribution in [0, 0.1) is 15.9 Å². The summed E-state index contributed by atoms with van der Waals surface area (Å²) in [5, 5.41) is 21.6. The molecule has 0 bridgehead atoms. The Labute approximate surface area is 64.8 Å². The van der Waals surface area contributed by atoms with Gasteiger partial charge in [0.25, 0.3) is 0 Å². The summed E-state index contributed by atoms with van der Waals surface area (Å²) in [7, 11) is 0. The monoisotopic (exact) mass is 158 g/mol. The minimum absolute atomic E-state index is 0.155. The largest absolute Gasteiger partial charge is 0.632 e. The average Bonchev–Trinajstić information content (AvgIpc) is 2.33. The van der Waals surface area contributed by atoms with E-state index in [9.17, 15) is 5.21 Å². The van der Waals surface area contributed by atoms with Crippen LogP contribution in [0.3, 0.4) is 0 Å². The lowest BCUT2D eigenvalue weighted by Gasteiger charge is -2.36. The van der Waals surface area contributed by atoms with E-state index in [1.165, 1.54) is 0 Å². The van der Waals surface area contributed by atoms with Crippen molar-refractivity contribution in [1.29, 1.82) is 5.26 Å². The molecule has 0 amide bonds. The van der Waals surface area contributed by atoms with Gasteiger partial charge in [0.15, 0.2) is 0 Å². The summed E-state index contributed by atoms with van der Waals surface area (Å²) >= 11 is 1.07. The van der Waals surface area contributed by atoms with E-state index >= 15 is 0 Å². The average molecular weight is 158 g/mol. The van der Waals surface area contributed by atoms with Crippen molar-refractivity contribution in [1.82, 2.24) is 0 Å². The van der Waals surface area contributed by atoms with Gasteiger partial charge in [0, 0.05) is 24.6 Å². The maximum absolute atomic E-state index is 11.4. The lowest BCUT2D eigenvalue weighted by atomic mass is 10.4. The van der Waals surface area contributed by atoms with Gasteiger partial charge in [-0.05, 0) is 0 Å². The molecule has 1 heterocycles. The topological polar surface area (TPSA) is 46.8 Å². The van der Waals surface area contributed by atoms with E-state index in [-0.39, 0.29) is 4.65 Å². The minimum Gasteiger partial charge on any atom is -0.632 e. The molecule has 0 aromatic heterocycles. The first-order chi connectivity index (χ1) is 4.77. The van der Waals surface area contributed by atoms with Gasteiger partial charge >= 0.3 is 0 Å². The van der Waals surface area contributed by atoms with Crippen molar-refractivity contribution in [3.05, 3.63) is 5.21 Å². The summed E-state index contributed by atoms with van der Waals surface area (Å²) in [5.41, 5.74) is 0. The van der Waals surface area contributed by atoms with Crippen molar-refractivity contribution in [2.75, 3.05) is 19.0 Å². The predicted octanol–water partition coefficient (Wildman–Crippen LogP) is 1.27. The van der Waals surface area contributed by atoms with Crippen LogP contribution in [-0.2, 0) is 0 Å². The normalized spacial score (nSPS) is 22.4. The Morgan fingerprint density at radius 2 is 2.10 bits per heavy atom. The number of hydrogen-bond donors (Lipinski definition) is 0. The third-order valence-corrected chi connectivity index (χ3v) is 2.47. The molecule has 1 rings (SSSR count). The smallest absolute Gasteiger partial charge is 0.139 e. The molecular formula is C6H10N2OS. The highest BCUT2D eigenvalue weighted by Crippen LogP contribution is 2.20. The molecule has 56 valence electrons. The third kappa shape index (κ3) is 1.87. The number of quaternary nitrogens is 1. The first kappa shape index (κ1) is 7.86. The van der Waals surface area contributed by atoms with Gasteiger partial charge in [-0.2, -0.15) is 5.26 Å². The van der Waals surface area contributed by atoms with Crippen LogP contribution in [-0.4, -0.2) is 23.6 Å². The Morgan fingerprint density at radius 3 is 2.60 bits per heavy atom. The second-order valence-corrected chi connectivity index (χ2v) is 3.31. The van der Waals surface area contributed by atoms with Crippen molar-refractivity contribution in [3.8, 4) is 5.40 Å². The van der Waals surface area contributed by atoms with Crippen molar-refractivity contribution in [3.63, 3.8) is 0 Å². The van der Waals surface area contributed by atoms with E-state index in [0.717, 1.165) is 24.6 Å². The minimum atomic E-state index is -0.155. The molecule has 0 N–H and O–H groups in total. The van der Waals surface area contributed by atoms with E-state index in [1.807, 2.05) is 5.40 Å². The van der Waals surface area contributed by atoms with Gasteiger partial charge in [-0.1, -0.05) is 0 Å². The highest BCUT2D eigenvalue weighted by atomic mass is 32.2. The van der Waals surface area contributed by atoms with E-state index < -0.39 is 0 Å². The summed E-state index contributed by atoms with van der Waals surface area (Å²) < 4.78 is -0.155. The van der Waals surface area contributed by atoms with Crippen molar-refractivity contribution in [2.24, 2.45) is 0 Å². The van der Waals surface area contributed by atoms with Gasteiger partial charge in [-0.25, -0.2) is 0 Å². The lowest BCUT2D eigenvalue weighted by Crippen LogP contribution is -2.37. The number of hydrogen-bond acceptors (Lipinski definition) is 3. The second-order valence-electron chi connectivity index (χ2n) is 2.58. The number of likely N-dealkylation sites (tertiary alicyclic amines) is 1. The Kier molecular flexibility index (Phi) is 2.55. The summed E-state index contributed by atoms with van der Waals surface area (Å²) in [4.78, 5) is 0. The van der Waals surface area contributed by atoms with Gasteiger partial charge in [0.2, 0.25) is 0 Å². The molecule has 0 spiro atoms. The van der Waals surface area contributed by atoms with E-state index in [1.54, 1.807) is 0 Å². The van der Waals surface area contributed by atoms with Crippen LogP contribution in [0.4, 0.5) is 0 Å². The molecule has 0 unspecified atom stereocenters. The number of thioether (sulfide) groups is 1. The first-order valence-electron chi connectivity index (χ1n) is 3.35. The standard InChI is InChI=1S/C6H10N2OS/c7-5-10-6-8(9)3-1-2-4-8/h1-4,6H2. The lowest BCUT2D eigenvalue weighted by molar-refractivity contribution is -0.854. The summed E-state index contributed by atoms with van der Waals surface area (Å²) in [6.45, 7) is 1.41. The fourth-order valence-electron chi connectivity index (χ4n) is 1.19. The van der Waals surface area contributed by atoms with E-state index in [4.69, 9.17) is 5.26 Å². The van der Waals surface area contributed by atoms with Crippen LogP contribution in [0.25, 0.3) is 0 Å². The molecule has 3 nitrogen and oxygen atoms in total. The quantitative estimate of drug-likeness (QED) is 0.345. The molecule has 0 atom stereocenters. The fraction of sp³-hybridized carbons (Fsp3) is 0.833. The molecule has 1 aliphatic rings. The Bertz CT molecular complexity index is 148. The molecule has 0 saturated carbocycles. The molecule has 10 heavy (non-hydrogen) atoms. The number of nitrogens with zero attached hydrogens (tertiary/aromatic N) is 2.